The van der Waals surface area contributed by atoms with Crippen molar-refractivity contribution in [1.29, 1.82) is 0 Å². The number of carbonyl (C=O) groups excluding carboxylic acids is 4. The van der Waals surface area contributed by atoms with E-state index in [-0.39, 0.29) is 23.4 Å². The van der Waals surface area contributed by atoms with Crippen LogP contribution in [-0.2, 0) is 14.3 Å². The first-order valence-electron chi connectivity index (χ1n) is 9.51. The highest BCUT2D eigenvalue weighted by Crippen LogP contribution is 2.35. The zero-order valence-corrected chi connectivity index (χ0v) is 19.9. The summed E-state index contributed by atoms with van der Waals surface area (Å²) in [6, 6.07) is 8.08. The number of halogens is 1. The number of nitrogens with one attached hydrogen (secondary N) is 1. The second-order valence-corrected chi connectivity index (χ2v) is 7.79. The molecule has 10 heteroatoms. The van der Waals surface area contributed by atoms with Crippen LogP contribution in [0.5, 0.6) is 11.5 Å². The number of benzene rings is 2. The van der Waals surface area contributed by atoms with Crippen LogP contribution < -0.4 is 19.7 Å². The molecule has 0 radical (unpaired) electrons. The maximum absolute atomic E-state index is 13.1. The molecule has 2 aromatic rings. The van der Waals surface area contributed by atoms with Gasteiger partial charge in [-0.15, -0.1) is 0 Å². The van der Waals surface area contributed by atoms with Gasteiger partial charge in [0.2, 0.25) is 0 Å². The lowest BCUT2D eigenvalue weighted by molar-refractivity contribution is -0.122. The van der Waals surface area contributed by atoms with Crippen molar-refractivity contribution in [1.82, 2.24) is 5.32 Å². The smallest absolute Gasteiger partial charge is 0.337 e. The highest BCUT2D eigenvalue weighted by atomic mass is 127. The highest BCUT2D eigenvalue weighted by molar-refractivity contribution is 14.1. The fourth-order valence-corrected chi connectivity index (χ4v) is 3.81. The molecular formula is C23H19IN2O7. The molecule has 1 fully saturated rings. The van der Waals surface area contributed by atoms with E-state index in [0.29, 0.717) is 20.6 Å². The molecule has 2 aromatic carbocycles. The van der Waals surface area contributed by atoms with Crippen molar-refractivity contribution in [3.8, 4) is 11.5 Å². The number of barbiturate groups is 1. The lowest BCUT2D eigenvalue weighted by Gasteiger charge is -2.26. The summed E-state index contributed by atoms with van der Waals surface area (Å²) in [5.41, 5.74) is 0.683. The van der Waals surface area contributed by atoms with E-state index in [1.165, 1.54) is 44.6 Å². The Morgan fingerprint density at radius 2 is 1.85 bits per heavy atom. The zero-order valence-electron chi connectivity index (χ0n) is 17.7. The van der Waals surface area contributed by atoms with Crippen LogP contribution in [0.3, 0.4) is 0 Å². The first-order valence-corrected chi connectivity index (χ1v) is 10.6. The third-order valence-electron chi connectivity index (χ3n) is 4.56. The molecule has 170 valence electrons. The maximum Gasteiger partial charge on any atom is 0.337 e. The molecule has 0 atom stereocenters. The second kappa shape index (κ2) is 10.3. The van der Waals surface area contributed by atoms with Crippen LogP contribution in [0, 0.1) is 3.57 Å². The largest absolute Gasteiger partial charge is 0.493 e. The van der Waals surface area contributed by atoms with E-state index in [4.69, 9.17) is 9.47 Å². The Balaban J connectivity index is 1.98. The van der Waals surface area contributed by atoms with Gasteiger partial charge in [0.05, 0.1) is 29.0 Å². The van der Waals surface area contributed by atoms with Gasteiger partial charge in [-0.3, -0.25) is 14.9 Å². The Morgan fingerprint density at radius 1 is 1.15 bits per heavy atom. The average Bonchev–Trinajstić information content (AvgIpc) is 2.80. The van der Waals surface area contributed by atoms with Gasteiger partial charge in [0.25, 0.3) is 11.8 Å². The monoisotopic (exact) mass is 562 g/mol. The Hall–Kier alpha value is -3.67. The van der Waals surface area contributed by atoms with Crippen molar-refractivity contribution in [2.75, 3.05) is 25.7 Å². The molecule has 3 rings (SSSR count). The molecule has 4 amide bonds. The van der Waals surface area contributed by atoms with Crippen molar-refractivity contribution in [3.63, 3.8) is 0 Å². The number of imide groups is 2. The minimum atomic E-state index is -0.895. The quantitative estimate of drug-likeness (QED) is 0.181. The molecule has 0 saturated carbocycles. The van der Waals surface area contributed by atoms with Crippen molar-refractivity contribution in [2.24, 2.45) is 0 Å². The number of hydrogen-bond acceptors (Lipinski definition) is 7. The maximum atomic E-state index is 13.1. The number of rotatable bonds is 7. The number of nitrogens with zero attached hydrogens (tertiary/aromatic N) is 1. The van der Waals surface area contributed by atoms with Crippen LogP contribution >= 0.6 is 22.6 Å². The molecule has 0 aliphatic carbocycles. The van der Waals surface area contributed by atoms with E-state index in [2.05, 4.69) is 39.2 Å². The van der Waals surface area contributed by atoms with Crippen molar-refractivity contribution in [3.05, 3.63) is 69.3 Å². The Kier molecular flexibility index (Phi) is 7.48. The molecule has 1 N–H and O–H groups in total. The van der Waals surface area contributed by atoms with Gasteiger partial charge in [-0.25, -0.2) is 14.5 Å². The fourth-order valence-electron chi connectivity index (χ4n) is 3.03. The van der Waals surface area contributed by atoms with Gasteiger partial charge < -0.3 is 14.2 Å². The number of anilines is 1. The minimum absolute atomic E-state index is 0.184. The molecular weight excluding hydrogens is 543 g/mol. The molecule has 9 nitrogen and oxygen atoms in total. The summed E-state index contributed by atoms with van der Waals surface area (Å²) in [7, 11) is 2.72. The topological polar surface area (TPSA) is 111 Å². The molecule has 0 aromatic heterocycles. The third kappa shape index (κ3) is 5.06. The van der Waals surface area contributed by atoms with Gasteiger partial charge in [0, 0.05) is 0 Å². The summed E-state index contributed by atoms with van der Waals surface area (Å²) in [6.45, 7) is 3.89. The predicted molar refractivity (Wildman–Crippen MR) is 128 cm³/mol. The lowest BCUT2D eigenvalue weighted by atomic mass is 10.1. The van der Waals surface area contributed by atoms with Crippen molar-refractivity contribution >= 4 is 58.2 Å². The summed E-state index contributed by atoms with van der Waals surface area (Å²) in [5, 5.41) is 2.16. The highest BCUT2D eigenvalue weighted by Gasteiger charge is 2.37. The number of methoxy groups -OCH3 is 2. The van der Waals surface area contributed by atoms with E-state index in [1.807, 2.05) is 0 Å². The van der Waals surface area contributed by atoms with Gasteiger partial charge in [-0.1, -0.05) is 12.7 Å². The van der Waals surface area contributed by atoms with Crippen molar-refractivity contribution in [2.45, 2.75) is 0 Å². The van der Waals surface area contributed by atoms with E-state index >= 15 is 0 Å². The zero-order chi connectivity index (χ0) is 24.1. The molecule has 1 heterocycles. The van der Waals surface area contributed by atoms with Crippen LogP contribution in [0.1, 0.15) is 15.9 Å². The van der Waals surface area contributed by atoms with Crippen LogP contribution in [0.15, 0.2) is 54.6 Å². The average molecular weight is 562 g/mol. The van der Waals surface area contributed by atoms with Gasteiger partial charge >= 0.3 is 12.0 Å². The number of amides is 4. The van der Waals surface area contributed by atoms with Gasteiger partial charge in [-0.2, -0.15) is 0 Å². The number of esters is 1. The van der Waals surface area contributed by atoms with Crippen LogP contribution in [0.25, 0.3) is 6.08 Å². The molecule has 1 aliphatic heterocycles. The molecule has 0 bridgehead atoms. The first kappa shape index (κ1) is 24.0. The standard InChI is InChI=1S/C23H19IN2O7/c1-4-9-33-19-17(24)11-13(12-18(19)31-2)10-16-20(27)25-23(30)26(21(16)28)15-7-5-14(6-8-15)22(29)32-3/h4-8,10-12H,1,9H2,2-3H3,(H,25,27,30)/b16-10+. The summed E-state index contributed by atoms with van der Waals surface area (Å²) < 4.78 is 16.3. The number of hydrogen-bond donors (Lipinski definition) is 1. The molecule has 0 unspecified atom stereocenters. The molecule has 1 saturated heterocycles. The Labute approximate surface area is 203 Å². The van der Waals surface area contributed by atoms with E-state index < -0.39 is 23.8 Å². The van der Waals surface area contributed by atoms with Crippen LogP contribution in [0.4, 0.5) is 10.5 Å². The summed E-state index contributed by atoms with van der Waals surface area (Å²) >= 11 is 2.05. The van der Waals surface area contributed by atoms with Crippen LogP contribution in [0.2, 0.25) is 0 Å². The minimum Gasteiger partial charge on any atom is -0.493 e. The number of ether oxygens (including phenoxy) is 3. The summed E-state index contributed by atoms with van der Waals surface area (Å²) in [6.07, 6.45) is 2.96. The van der Waals surface area contributed by atoms with E-state index in [1.54, 1.807) is 18.2 Å². The lowest BCUT2D eigenvalue weighted by Crippen LogP contribution is -2.54. The normalized spacial score (nSPS) is 14.7. The number of carbonyl (C=O) groups is 4. The summed E-state index contributed by atoms with van der Waals surface area (Å²) in [4.78, 5) is 50.4. The van der Waals surface area contributed by atoms with E-state index in [0.717, 1.165) is 4.90 Å². The van der Waals surface area contributed by atoms with Gasteiger partial charge in [0.15, 0.2) is 11.5 Å². The molecule has 0 spiro atoms. The Morgan fingerprint density at radius 3 is 2.45 bits per heavy atom. The first-order chi connectivity index (χ1) is 15.8. The number of urea groups is 1. The van der Waals surface area contributed by atoms with Gasteiger partial charge in [-0.05, 0) is 70.6 Å². The Bertz CT molecular complexity index is 1170. The van der Waals surface area contributed by atoms with E-state index in [9.17, 15) is 19.2 Å². The molecule has 1 aliphatic rings. The second-order valence-electron chi connectivity index (χ2n) is 6.63. The van der Waals surface area contributed by atoms with Crippen molar-refractivity contribution < 1.29 is 33.4 Å². The summed E-state index contributed by atoms with van der Waals surface area (Å²) in [5.74, 6) is -1.28. The fraction of sp³-hybridized carbons (Fsp3) is 0.130. The predicted octanol–water partition coefficient (Wildman–Crippen LogP) is 3.32. The SMILES string of the molecule is C=CCOc1c(I)cc(/C=C2\C(=O)NC(=O)N(c3ccc(C(=O)OC)cc3)C2=O)cc1OC. The van der Waals surface area contributed by atoms with Gasteiger partial charge in [0.1, 0.15) is 12.2 Å². The molecule has 33 heavy (non-hydrogen) atoms. The van der Waals surface area contributed by atoms with Crippen LogP contribution in [-0.4, -0.2) is 44.6 Å². The third-order valence-corrected chi connectivity index (χ3v) is 5.36.